The molecule has 1 aromatic heterocycles. The lowest BCUT2D eigenvalue weighted by molar-refractivity contribution is -0.117. The minimum absolute atomic E-state index is 0.0190. The number of thiazole rings is 1. The molecule has 1 aliphatic heterocycles. The van der Waals surface area contributed by atoms with E-state index in [1.807, 2.05) is 30.5 Å². The number of amides is 1. The standard InChI is InChI=1S/C16H18ClN3OS/c17-13-5-3-4-12(8-13)9-14-10-18-16(22-14)19-15(21)11-20-6-1-2-7-20/h3-5,8,10H,1-2,6-7,9,11H2,(H,18,19,21). The maximum atomic E-state index is 12.0. The van der Waals surface area contributed by atoms with Crippen molar-refractivity contribution in [1.29, 1.82) is 0 Å². The molecule has 1 saturated heterocycles. The van der Waals surface area contributed by atoms with E-state index in [1.54, 1.807) is 0 Å². The van der Waals surface area contributed by atoms with Crippen molar-refractivity contribution < 1.29 is 4.79 Å². The third kappa shape index (κ3) is 4.29. The average molecular weight is 336 g/mol. The molecule has 0 radical (unpaired) electrons. The number of carbonyl (C=O) groups excluding carboxylic acids is 1. The first-order valence-corrected chi connectivity index (χ1v) is 8.60. The molecule has 0 atom stereocenters. The molecule has 0 aliphatic carbocycles. The van der Waals surface area contributed by atoms with E-state index in [0.717, 1.165) is 35.0 Å². The van der Waals surface area contributed by atoms with E-state index in [1.165, 1.54) is 24.2 Å². The normalized spacial score (nSPS) is 15.1. The molecule has 6 heteroatoms. The lowest BCUT2D eigenvalue weighted by Gasteiger charge is -2.12. The maximum absolute atomic E-state index is 12.0. The molecule has 116 valence electrons. The molecule has 3 rings (SSSR count). The largest absolute Gasteiger partial charge is 0.301 e. The van der Waals surface area contributed by atoms with Crippen LogP contribution in [0.1, 0.15) is 23.3 Å². The summed E-state index contributed by atoms with van der Waals surface area (Å²) in [5, 5.41) is 4.29. The smallest absolute Gasteiger partial charge is 0.240 e. The van der Waals surface area contributed by atoms with Crippen LogP contribution in [-0.2, 0) is 11.2 Å². The number of hydrogen-bond acceptors (Lipinski definition) is 4. The van der Waals surface area contributed by atoms with Crippen LogP contribution in [0.5, 0.6) is 0 Å². The Balaban J connectivity index is 1.55. The van der Waals surface area contributed by atoms with Crippen LogP contribution in [0.4, 0.5) is 5.13 Å². The van der Waals surface area contributed by atoms with Crippen LogP contribution >= 0.6 is 22.9 Å². The number of hydrogen-bond donors (Lipinski definition) is 1. The van der Waals surface area contributed by atoms with Gasteiger partial charge in [0.1, 0.15) is 0 Å². The van der Waals surface area contributed by atoms with Crippen LogP contribution in [0, 0.1) is 0 Å². The molecule has 22 heavy (non-hydrogen) atoms. The van der Waals surface area contributed by atoms with E-state index in [2.05, 4.69) is 15.2 Å². The lowest BCUT2D eigenvalue weighted by Crippen LogP contribution is -2.30. The van der Waals surface area contributed by atoms with Crippen LogP contribution < -0.4 is 5.32 Å². The fraction of sp³-hybridized carbons (Fsp3) is 0.375. The molecule has 1 N–H and O–H groups in total. The molecule has 0 saturated carbocycles. The van der Waals surface area contributed by atoms with Crippen molar-refractivity contribution in [2.24, 2.45) is 0 Å². The number of halogens is 1. The first-order valence-electron chi connectivity index (χ1n) is 7.40. The molecule has 2 heterocycles. The van der Waals surface area contributed by atoms with Crippen molar-refractivity contribution in [3.8, 4) is 0 Å². The summed E-state index contributed by atoms with van der Waals surface area (Å²) in [4.78, 5) is 19.5. The highest BCUT2D eigenvalue weighted by Crippen LogP contribution is 2.22. The Morgan fingerprint density at radius 3 is 2.95 bits per heavy atom. The summed E-state index contributed by atoms with van der Waals surface area (Å²) in [5.74, 6) is 0.0190. The van der Waals surface area contributed by atoms with Crippen LogP contribution in [0.25, 0.3) is 0 Å². The van der Waals surface area contributed by atoms with Crippen LogP contribution in [0.2, 0.25) is 5.02 Å². The van der Waals surface area contributed by atoms with Gasteiger partial charge < -0.3 is 5.32 Å². The van der Waals surface area contributed by atoms with Crippen molar-refractivity contribution in [2.75, 3.05) is 25.0 Å². The Hall–Kier alpha value is -1.43. The Morgan fingerprint density at radius 1 is 1.36 bits per heavy atom. The van der Waals surface area contributed by atoms with Crippen molar-refractivity contribution >= 4 is 34.0 Å². The zero-order valence-electron chi connectivity index (χ0n) is 12.2. The van der Waals surface area contributed by atoms with Crippen molar-refractivity contribution in [2.45, 2.75) is 19.3 Å². The van der Waals surface area contributed by atoms with E-state index < -0.39 is 0 Å². The van der Waals surface area contributed by atoms with Gasteiger partial charge in [0.15, 0.2) is 5.13 Å². The molecule has 0 spiro atoms. The Kier molecular flexibility index (Phi) is 5.08. The summed E-state index contributed by atoms with van der Waals surface area (Å²) < 4.78 is 0. The fourth-order valence-corrected chi connectivity index (χ4v) is 3.67. The van der Waals surface area contributed by atoms with E-state index in [-0.39, 0.29) is 5.91 Å². The van der Waals surface area contributed by atoms with Gasteiger partial charge in [-0.1, -0.05) is 23.7 Å². The molecule has 4 nitrogen and oxygen atoms in total. The first-order chi connectivity index (χ1) is 10.7. The molecule has 1 fully saturated rings. The predicted molar refractivity (Wildman–Crippen MR) is 90.7 cm³/mol. The molecule has 2 aromatic rings. The van der Waals surface area contributed by atoms with Crippen LogP contribution in [-0.4, -0.2) is 35.4 Å². The van der Waals surface area contributed by atoms with E-state index in [0.29, 0.717) is 11.7 Å². The second-order valence-electron chi connectivity index (χ2n) is 5.47. The summed E-state index contributed by atoms with van der Waals surface area (Å²) in [5.41, 5.74) is 1.14. The maximum Gasteiger partial charge on any atom is 0.240 e. The minimum atomic E-state index is 0.0190. The number of benzene rings is 1. The minimum Gasteiger partial charge on any atom is -0.301 e. The summed E-state index contributed by atoms with van der Waals surface area (Å²) in [6, 6.07) is 7.79. The molecule has 1 aliphatic rings. The fourth-order valence-electron chi connectivity index (χ4n) is 2.60. The van der Waals surface area contributed by atoms with E-state index >= 15 is 0 Å². The quantitative estimate of drug-likeness (QED) is 0.910. The highest BCUT2D eigenvalue weighted by atomic mass is 35.5. The SMILES string of the molecule is O=C(CN1CCCC1)Nc1ncc(Cc2cccc(Cl)c2)s1. The number of nitrogens with zero attached hydrogens (tertiary/aromatic N) is 2. The van der Waals surface area contributed by atoms with Gasteiger partial charge in [0.25, 0.3) is 0 Å². The zero-order valence-corrected chi connectivity index (χ0v) is 13.8. The molecule has 1 aromatic carbocycles. The van der Waals surface area contributed by atoms with Gasteiger partial charge in [-0.05, 0) is 43.6 Å². The Bertz CT molecular complexity index is 652. The number of nitrogens with one attached hydrogen (secondary N) is 1. The molecule has 0 unspecified atom stereocenters. The van der Waals surface area contributed by atoms with Gasteiger partial charge in [-0.2, -0.15) is 0 Å². The van der Waals surface area contributed by atoms with E-state index in [4.69, 9.17) is 11.6 Å². The lowest BCUT2D eigenvalue weighted by atomic mass is 10.1. The monoisotopic (exact) mass is 335 g/mol. The van der Waals surface area contributed by atoms with Gasteiger partial charge in [0.05, 0.1) is 6.54 Å². The Morgan fingerprint density at radius 2 is 2.18 bits per heavy atom. The first kappa shape index (κ1) is 15.5. The van der Waals surface area contributed by atoms with Gasteiger partial charge in [-0.25, -0.2) is 4.98 Å². The van der Waals surface area contributed by atoms with Crippen LogP contribution in [0.3, 0.4) is 0 Å². The highest BCUT2D eigenvalue weighted by Gasteiger charge is 2.16. The summed E-state index contributed by atoms with van der Waals surface area (Å²) in [6.07, 6.45) is 4.97. The highest BCUT2D eigenvalue weighted by molar-refractivity contribution is 7.15. The van der Waals surface area contributed by atoms with E-state index in [9.17, 15) is 4.79 Å². The second-order valence-corrected chi connectivity index (χ2v) is 7.02. The molecule has 0 bridgehead atoms. The molecular formula is C16H18ClN3OS. The van der Waals surface area contributed by atoms with Gasteiger partial charge in [-0.15, -0.1) is 11.3 Å². The van der Waals surface area contributed by atoms with Crippen molar-refractivity contribution in [3.05, 3.63) is 45.9 Å². The van der Waals surface area contributed by atoms with Gasteiger partial charge in [0.2, 0.25) is 5.91 Å². The van der Waals surface area contributed by atoms with Gasteiger partial charge in [0, 0.05) is 22.5 Å². The summed E-state index contributed by atoms with van der Waals surface area (Å²) in [7, 11) is 0. The number of likely N-dealkylation sites (tertiary alicyclic amines) is 1. The summed E-state index contributed by atoms with van der Waals surface area (Å²) >= 11 is 7.51. The number of aromatic nitrogens is 1. The number of rotatable bonds is 5. The van der Waals surface area contributed by atoms with Gasteiger partial charge in [-0.3, -0.25) is 9.69 Å². The number of anilines is 1. The Labute approximate surface area is 139 Å². The topological polar surface area (TPSA) is 45.2 Å². The third-order valence-electron chi connectivity index (χ3n) is 3.63. The van der Waals surface area contributed by atoms with Crippen molar-refractivity contribution in [3.63, 3.8) is 0 Å². The summed E-state index contributed by atoms with van der Waals surface area (Å²) in [6.45, 7) is 2.50. The zero-order chi connectivity index (χ0) is 15.4. The second kappa shape index (κ2) is 7.22. The molecule has 1 amide bonds. The predicted octanol–water partition coefficient (Wildman–Crippen LogP) is 3.42. The van der Waals surface area contributed by atoms with Crippen LogP contribution in [0.15, 0.2) is 30.5 Å². The molecular weight excluding hydrogens is 318 g/mol. The third-order valence-corrected chi connectivity index (χ3v) is 4.78. The van der Waals surface area contributed by atoms with Crippen molar-refractivity contribution in [1.82, 2.24) is 9.88 Å². The average Bonchev–Trinajstić information content (AvgIpc) is 3.11. The van der Waals surface area contributed by atoms with Gasteiger partial charge >= 0.3 is 0 Å². The number of carbonyl (C=O) groups is 1.